The molecule has 0 aliphatic rings. The van der Waals surface area contributed by atoms with Gasteiger partial charge in [0, 0.05) is 6.54 Å². The first-order valence-corrected chi connectivity index (χ1v) is 5.77. The summed E-state index contributed by atoms with van der Waals surface area (Å²) in [7, 11) is 0. The fourth-order valence-electron chi connectivity index (χ4n) is 1.27. The Hall–Kier alpha value is -1.82. The molecule has 0 saturated heterocycles. The molecule has 0 aliphatic heterocycles. The zero-order valence-corrected chi connectivity index (χ0v) is 10.5. The molecule has 0 radical (unpaired) electrons. The van der Waals surface area contributed by atoms with Crippen molar-refractivity contribution in [3.05, 3.63) is 23.7 Å². The molecule has 1 aromatic rings. The second-order valence-electron chi connectivity index (χ2n) is 4.41. The van der Waals surface area contributed by atoms with E-state index in [0.29, 0.717) is 24.8 Å². The SMILES string of the molecule is CC(C)CNC(=O)CNCc1cc(C(=O)O)co1. The van der Waals surface area contributed by atoms with Crippen LogP contribution in [0.5, 0.6) is 0 Å². The molecule has 0 unspecified atom stereocenters. The minimum absolute atomic E-state index is 0.0892. The van der Waals surface area contributed by atoms with Crippen molar-refractivity contribution in [1.29, 1.82) is 0 Å². The lowest BCUT2D eigenvalue weighted by atomic mass is 10.2. The summed E-state index contributed by atoms with van der Waals surface area (Å²) in [5.41, 5.74) is 0.107. The molecule has 0 fully saturated rings. The molecule has 1 aromatic heterocycles. The number of amides is 1. The van der Waals surface area contributed by atoms with Crippen molar-refractivity contribution in [2.75, 3.05) is 13.1 Å². The largest absolute Gasteiger partial charge is 0.478 e. The van der Waals surface area contributed by atoms with E-state index in [1.165, 1.54) is 12.3 Å². The summed E-state index contributed by atoms with van der Waals surface area (Å²) >= 11 is 0. The van der Waals surface area contributed by atoms with Gasteiger partial charge in [-0.3, -0.25) is 4.79 Å². The van der Waals surface area contributed by atoms with Gasteiger partial charge in [-0.1, -0.05) is 13.8 Å². The number of aromatic carboxylic acids is 1. The summed E-state index contributed by atoms with van der Waals surface area (Å²) in [6.07, 6.45) is 1.18. The summed E-state index contributed by atoms with van der Waals surface area (Å²) in [6, 6.07) is 1.43. The summed E-state index contributed by atoms with van der Waals surface area (Å²) in [6.45, 7) is 5.18. The molecule has 1 amide bonds. The smallest absolute Gasteiger partial charge is 0.338 e. The van der Waals surface area contributed by atoms with E-state index in [4.69, 9.17) is 9.52 Å². The second-order valence-corrected chi connectivity index (χ2v) is 4.41. The van der Waals surface area contributed by atoms with Crippen molar-refractivity contribution in [3.8, 4) is 0 Å². The first-order chi connectivity index (χ1) is 8.49. The fraction of sp³-hybridized carbons (Fsp3) is 0.500. The van der Waals surface area contributed by atoms with E-state index in [1.54, 1.807) is 0 Å². The molecule has 0 aliphatic carbocycles. The van der Waals surface area contributed by atoms with E-state index >= 15 is 0 Å². The minimum Gasteiger partial charge on any atom is -0.478 e. The maximum atomic E-state index is 11.4. The van der Waals surface area contributed by atoms with Crippen LogP contribution in [0, 0.1) is 5.92 Å². The third-order valence-corrected chi connectivity index (χ3v) is 2.19. The van der Waals surface area contributed by atoms with Crippen LogP contribution in [0.15, 0.2) is 16.7 Å². The molecule has 18 heavy (non-hydrogen) atoms. The van der Waals surface area contributed by atoms with Crippen molar-refractivity contribution in [3.63, 3.8) is 0 Å². The number of nitrogens with one attached hydrogen (secondary N) is 2. The maximum Gasteiger partial charge on any atom is 0.338 e. The number of hydrogen-bond donors (Lipinski definition) is 3. The van der Waals surface area contributed by atoms with E-state index in [1.807, 2.05) is 13.8 Å². The van der Waals surface area contributed by atoms with E-state index in [-0.39, 0.29) is 18.0 Å². The molecule has 1 heterocycles. The van der Waals surface area contributed by atoms with Crippen molar-refractivity contribution in [1.82, 2.24) is 10.6 Å². The number of carbonyl (C=O) groups is 2. The minimum atomic E-state index is -1.03. The van der Waals surface area contributed by atoms with Gasteiger partial charge in [0.05, 0.1) is 18.7 Å². The van der Waals surface area contributed by atoms with Crippen molar-refractivity contribution < 1.29 is 19.1 Å². The monoisotopic (exact) mass is 254 g/mol. The number of carboxylic acid groups (broad SMARTS) is 1. The van der Waals surface area contributed by atoms with Crippen molar-refractivity contribution in [2.45, 2.75) is 20.4 Å². The van der Waals surface area contributed by atoms with Gasteiger partial charge in [-0.05, 0) is 12.0 Å². The number of carbonyl (C=O) groups excluding carboxylic acids is 1. The van der Waals surface area contributed by atoms with Crippen molar-refractivity contribution in [2.24, 2.45) is 5.92 Å². The molecule has 0 bridgehead atoms. The Morgan fingerprint density at radius 2 is 2.17 bits per heavy atom. The molecule has 0 spiro atoms. The predicted octanol–water partition coefficient (Wildman–Crippen LogP) is 0.840. The van der Waals surface area contributed by atoms with Crippen LogP contribution in [0.4, 0.5) is 0 Å². The van der Waals surface area contributed by atoms with Gasteiger partial charge in [-0.2, -0.15) is 0 Å². The van der Waals surface area contributed by atoms with Gasteiger partial charge in [-0.15, -0.1) is 0 Å². The zero-order chi connectivity index (χ0) is 13.5. The molecular weight excluding hydrogens is 236 g/mol. The number of furan rings is 1. The molecule has 6 heteroatoms. The van der Waals surface area contributed by atoms with Gasteiger partial charge in [0.25, 0.3) is 0 Å². The number of carboxylic acids is 1. The Morgan fingerprint density at radius 1 is 1.44 bits per heavy atom. The lowest BCUT2D eigenvalue weighted by molar-refractivity contribution is -0.120. The maximum absolute atomic E-state index is 11.4. The zero-order valence-electron chi connectivity index (χ0n) is 10.5. The standard InChI is InChI=1S/C12H18N2O4/c1-8(2)4-14-11(15)6-13-5-10-3-9(7-18-10)12(16)17/h3,7-8,13H,4-6H2,1-2H3,(H,14,15)(H,16,17). The van der Waals surface area contributed by atoms with Gasteiger partial charge < -0.3 is 20.2 Å². The van der Waals surface area contributed by atoms with Crippen LogP contribution in [0.1, 0.15) is 30.0 Å². The molecule has 0 atom stereocenters. The predicted molar refractivity (Wildman–Crippen MR) is 65.2 cm³/mol. The first-order valence-electron chi connectivity index (χ1n) is 5.77. The third kappa shape index (κ3) is 5.01. The summed E-state index contributed by atoms with van der Waals surface area (Å²) < 4.78 is 5.03. The number of rotatable bonds is 7. The van der Waals surface area contributed by atoms with E-state index in [2.05, 4.69) is 10.6 Å². The summed E-state index contributed by atoms with van der Waals surface area (Å²) in [4.78, 5) is 22.0. The van der Waals surface area contributed by atoms with Crippen LogP contribution in [-0.2, 0) is 11.3 Å². The second kappa shape index (κ2) is 6.80. The normalized spacial score (nSPS) is 10.6. The highest BCUT2D eigenvalue weighted by molar-refractivity contribution is 5.87. The van der Waals surface area contributed by atoms with Gasteiger partial charge in [0.1, 0.15) is 12.0 Å². The highest BCUT2D eigenvalue weighted by Crippen LogP contribution is 2.06. The van der Waals surface area contributed by atoms with Crippen LogP contribution in [-0.4, -0.2) is 30.1 Å². The quantitative estimate of drug-likeness (QED) is 0.670. The first kappa shape index (κ1) is 14.2. The topological polar surface area (TPSA) is 91.6 Å². The van der Waals surface area contributed by atoms with Crippen molar-refractivity contribution >= 4 is 11.9 Å². The Balaban J connectivity index is 2.24. The van der Waals surface area contributed by atoms with Gasteiger partial charge >= 0.3 is 5.97 Å². The number of hydrogen-bond acceptors (Lipinski definition) is 4. The van der Waals surface area contributed by atoms with Crippen LogP contribution in [0.3, 0.4) is 0 Å². The molecule has 6 nitrogen and oxygen atoms in total. The average Bonchev–Trinajstić information content (AvgIpc) is 2.75. The van der Waals surface area contributed by atoms with Gasteiger partial charge in [0.2, 0.25) is 5.91 Å². The van der Waals surface area contributed by atoms with Gasteiger partial charge in [-0.25, -0.2) is 4.79 Å². The Morgan fingerprint density at radius 3 is 2.72 bits per heavy atom. The summed E-state index contributed by atoms with van der Waals surface area (Å²) in [5, 5.41) is 14.3. The molecule has 0 aromatic carbocycles. The lowest BCUT2D eigenvalue weighted by Gasteiger charge is -2.07. The van der Waals surface area contributed by atoms with Gasteiger partial charge in [0.15, 0.2) is 0 Å². The van der Waals surface area contributed by atoms with E-state index in [0.717, 1.165) is 0 Å². The van der Waals surface area contributed by atoms with Crippen LogP contribution >= 0.6 is 0 Å². The third-order valence-electron chi connectivity index (χ3n) is 2.19. The molecule has 3 N–H and O–H groups in total. The van der Waals surface area contributed by atoms with Crippen LogP contribution in [0.25, 0.3) is 0 Å². The summed E-state index contributed by atoms with van der Waals surface area (Å²) in [5.74, 6) is -0.213. The highest BCUT2D eigenvalue weighted by Gasteiger charge is 2.08. The van der Waals surface area contributed by atoms with E-state index < -0.39 is 5.97 Å². The molecular formula is C12H18N2O4. The van der Waals surface area contributed by atoms with Crippen LogP contribution < -0.4 is 10.6 Å². The Labute approximate surface area is 105 Å². The molecule has 0 saturated carbocycles. The molecule has 1 rings (SSSR count). The fourth-order valence-corrected chi connectivity index (χ4v) is 1.27. The Kier molecular flexibility index (Phi) is 5.38. The lowest BCUT2D eigenvalue weighted by Crippen LogP contribution is -2.35. The average molecular weight is 254 g/mol. The van der Waals surface area contributed by atoms with E-state index in [9.17, 15) is 9.59 Å². The highest BCUT2D eigenvalue weighted by atomic mass is 16.4. The van der Waals surface area contributed by atoms with Crippen LogP contribution in [0.2, 0.25) is 0 Å². The Bertz CT molecular complexity index is 412. The molecule has 100 valence electrons.